The summed E-state index contributed by atoms with van der Waals surface area (Å²) in [6.07, 6.45) is 4.80. The Morgan fingerprint density at radius 3 is 2.97 bits per heavy atom. The van der Waals surface area contributed by atoms with Crippen molar-refractivity contribution in [1.82, 2.24) is 35.0 Å². The normalized spacial score (nSPS) is 19.4. The lowest BCUT2D eigenvalue weighted by molar-refractivity contribution is -0.133. The van der Waals surface area contributed by atoms with E-state index in [1.165, 1.54) is 11.1 Å². The van der Waals surface area contributed by atoms with Crippen molar-refractivity contribution >= 4 is 17.2 Å². The molecule has 5 rings (SSSR count). The molecule has 4 heterocycles. The van der Waals surface area contributed by atoms with E-state index in [0.717, 1.165) is 49.7 Å². The Bertz CT molecular complexity index is 986. The van der Waals surface area contributed by atoms with Crippen molar-refractivity contribution < 1.29 is 4.79 Å². The Labute approximate surface area is 173 Å². The van der Waals surface area contributed by atoms with Gasteiger partial charge in [0.25, 0.3) is 0 Å². The van der Waals surface area contributed by atoms with Gasteiger partial charge in [-0.15, -0.1) is 16.4 Å². The summed E-state index contributed by atoms with van der Waals surface area (Å²) in [6, 6.07) is 8.64. The number of hydrogen-bond donors (Lipinski definition) is 0. The highest BCUT2D eigenvalue weighted by Gasteiger charge is 2.32. The van der Waals surface area contributed by atoms with Gasteiger partial charge in [-0.3, -0.25) is 9.69 Å². The van der Waals surface area contributed by atoms with Crippen LogP contribution in [0.3, 0.4) is 0 Å². The minimum absolute atomic E-state index is 0.0558. The van der Waals surface area contributed by atoms with Crippen molar-refractivity contribution in [3.63, 3.8) is 0 Å². The molecule has 1 fully saturated rings. The van der Waals surface area contributed by atoms with E-state index >= 15 is 0 Å². The average molecular weight is 410 g/mol. The van der Waals surface area contributed by atoms with Gasteiger partial charge in [-0.1, -0.05) is 24.3 Å². The molecule has 2 aliphatic rings. The first-order valence-corrected chi connectivity index (χ1v) is 10.9. The molecule has 0 saturated carbocycles. The van der Waals surface area contributed by atoms with Crippen molar-refractivity contribution in [3.8, 4) is 0 Å². The minimum atomic E-state index is 0.0558. The number of fused-ring (bicyclic) bond motifs is 1. The number of benzene rings is 1. The van der Waals surface area contributed by atoms with Gasteiger partial charge in [0.15, 0.2) is 5.82 Å². The molecule has 2 aliphatic heterocycles. The largest absolute Gasteiger partial charge is 0.332 e. The van der Waals surface area contributed by atoms with E-state index < -0.39 is 0 Å². The number of aromatic nitrogens is 5. The maximum Gasteiger partial charge on any atom is 0.245 e. The van der Waals surface area contributed by atoms with Crippen LogP contribution in [0.5, 0.6) is 0 Å². The molecule has 0 bridgehead atoms. The molecule has 9 heteroatoms. The van der Waals surface area contributed by atoms with E-state index in [0.29, 0.717) is 6.54 Å². The Balaban J connectivity index is 1.26. The summed E-state index contributed by atoms with van der Waals surface area (Å²) in [4.78, 5) is 21.7. The predicted molar refractivity (Wildman–Crippen MR) is 108 cm³/mol. The number of nitrogens with zero attached hydrogens (tertiary/aromatic N) is 7. The summed E-state index contributed by atoms with van der Waals surface area (Å²) in [5.74, 6) is 0.794. The Morgan fingerprint density at radius 2 is 2.10 bits per heavy atom. The molecule has 1 atom stereocenters. The molecule has 2 aromatic heterocycles. The standard InChI is InChI=1S/C20H23N7OS/c28-19(26-9-3-6-17(26)20-21-8-11-29-20)14-27-18(22-23-24-27)13-25-10-7-15-4-1-2-5-16(15)12-25/h1-2,4-5,8,11,17H,3,6-7,9-10,12-14H2. The van der Waals surface area contributed by atoms with Crippen LogP contribution in [0.2, 0.25) is 0 Å². The van der Waals surface area contributed by atoms with Crippen molar-refractivity contribution in [2.75, 3.05) is 13.1 Å². The van der Waals surface area contributed by atoms with Crippen molar-refractivity contribution in [2.45, 2.75) is 44.9 Å². The average Bonchev–Trinajstić information content (AvgIpc) is 3.50. The van der Waals surface area contributed by atoms with E-state index in [1.807, 2.05) is 10.3 Å². The zero-order chi connectivity index (χ0) is 19.6. The highest BCUT2D eigenvalue weighted by atomic mass is 32.1. The second-order valence-corrected chi connectivity index (χ2v) is 8.52. The third kappa shape index (κ3) is 3.79. The van der Waals surface area contributed by atoms with Gasteiger partial charge in [0, 0.05) is 31.2 Å². The quantitative estimate of drug-likeness (QED) is 0.642. The lowest BCUT2D eigenvalue weighted by atomic mass is 10.00. The summed E-state index contributed by atoms with van der Waals surface area (Å²) in [5.41, 5.74) is 2.78. The molecule has 8 nitrogen and oxygen atoms in total. The van der Waals surface area contributed by atoms with Crippen molar-refractivity contribution in [1.29, 1.82) is 0 Å². The van der Waals surface area contributed by atoms with Crippen LogP contribution >= 0.6 is 11.3 Å². The SMILES string of the molecule is O=C(Cn1nnnc1CN1CCc2ccccc2C1)N1CCCC1c1nccs1. The number of likely N-dealkylation sites (tertiary alicyclic amines) is 1. The van der Waals surface area contributed by atoms with Gasteiger partial charge in [-0.25, -0.2) is 9.67 Å². The fraction of sp³-hybridized carbons (Fsp3) is 0.450. The first-order valence-electron chi connectivity index (χ1n) is 10.0. The Hall–Kier alpha value is -2.65. The molecular formula is C20H23N7OS. The summed E-state index contributed by atoms with van der Waals surface area (Å²) in [5, 5.41) is 15.1. The number of hydrogen-bond acceptors (Lipinski definition) is 7. The van der Waals surface area contributed by atoms with Gasteiger partial charge in [0.05, 0.1) is 12.6 Å². The second-order valence-electron chi connectivity index (χ2n) is 7.60. The molecule has 0 aliphatic carbocycles. The van der Waals surface area contributed by atoms with Crippen LogP contribution in [-0.2, 0) is 30.8 Å². The number of carbonyl (C=O) groups excluding carboxylic acids is 1. The van der Waals surface area contributed by atoms with Crippen LogP contribution in [0.25, 0.3) is 0 Å². The fourth-order valence-electron chi connectivity index (χ4n) is 4.29. The molecule has 0 N–H and O–H groups in total. The number of tetrazole rings is 1. The van der Waals surface area contributed by atoms with Crippen LogP contribution in [-0.4, -0.2) is 54.0 Å². The third-order valence-electron chi connectivity index (χ3n) is 5.78. The smallest absolute Gasteiger partial charge is 0.245 e. The molecule has 1 unspecified atom stereocenters. The van der Waals surface area contributed by atoms with E-state index in [4.69, 9.17) is 0 Å². The van der Waals surface area contributed by atoms with E-state index in [9.17, 15) is 4.79 Å². The summed E-state index contributed by atoms with van der Waals surface area (Å²) in [6.45, 7) is 3.44. The highest BCUT2D eigenvalue weighted by molar-refractivity contribution is 7.09. The van der Waals surface area contributed by atoms with E-state index in [1.54, 1.807) is 22.2 Å². The molecule has 29 heavy (non-hydrogen) atoms. The number of rotatable bonds is 5. The monoisotopic (exact) mass is 409 g/mol. The number of thiazole rings is 1. The van der Waals surface area contributed by atoms with Gasteiger partial charge in [-0.2, -0.15) is 0 Å². The molecule has 1 amide bonds. The summed E-state index contributed by atoms with van der Waals surface area (Å²) >= 11 is 1.61. The van der Waals surface area contributed by atoms with Gasteiger partial charge in [-0.05, 0) is 40.8 Å². The Kier molecular flexibility index (Phi) is 5.07. The molecule has 0 spiro atoms. The van der Waals surface area contributed by atoms with Crippen LogP contribution in [0.1, 0.15) is 40.8 Å². The molecule has 0 radical (unpaired) electrons. The Morgan fingerprint density at radius 1 is 1.21 bits per heavy atom. The van der Waals surface area contributed by atoms with Gasteiger partial charge in [0.1, 0.15) is 11.6 Å². The van der Waals surface area contributed by atoms with Gasteiger partial charge < -0.3 is 4.90 Å². The van der Waals surface area contributed by atoms with Crippen LogP contribution in [0, 0.1) is 0 Å². The lowest BCUT2D eigenvalue weighted by Crippen LogP contribution is -2.35. The molecular weight excluding hydrogens is 386 g/mol. The van der Waals surface area contributed by atoms with Crippen LogP contribution in [0.4, 0.5) is 0 Å². The summed E-state index contributed by atoms with van der Waals surface area (Å²) < 4.78 is 1.65. The predicted octanol–water partition coefficient (Wildman–Crippen LogP) is 2.05. The molecule has 1 saturated heterocycles. The first kappa shape index (κ1) is 18.4. The second kappa shape index (κ2) is 8.00. The maximum absolute atomic E-state index is 13.0. The molecule has 150 valence electrons. The number of carbonyl (C=O) groups is 1. The van der Waals surface area contributed by atoms with Crippen molar-refractivity contribution in [2.24, 2.45) is 0 Å². The zero-order valence-corrected chi connectivity index (χ0v) is 17.0. The first-order chi connectivity index (χ1) is 14.3. The third-order valence-corrected chi connectivity index (χ3v) is 6.65. The van der Waals surface area contributed by atoms with E-state index in [2.05, 4.69) is 49.7 Å². The molecule has 1 aromatic carbocycles. The van der Waals surface area contributed by atoms with Gasteiger partial charge >= 0.3 is 0 Å². The van der Waals surface area contributed by atoms with E-state index in [-0.39, 0.29) is 18.5 Å². The van der Waals surface area contributed by atoms with Crippen molar-refractivity contribution in [3.05, 3.63) is 57.8 Å². The topological polar surface area (TPSA) is 80.0 Å². The maximum atomic E-state index is 13.0. The van der Waals surface area contributed by atoms with Crippen LogP contribution < -0.4 is 0 Å². The lowest BCUT2D eigenvalue weighted by Gasteiger charge is -2.28. The van der Waals surface area contributed by atoms with Gasteiger partial charge in [0.2, 0.25) is 5.91 Å². The minimum Gasteiger partial charge on any atom is -0.332 e. The highest BCUT2D eigenvalue weighted by Crippen LogP contribution is 2.33. The zero-order valence-electron chi connectivity index (χ0n) is 16.1. The fourth-order valence-corrected chi connectivity index (χ4v) is 5.07. The summed E-state index contributed by atoms with van der Waals surface area (Å²) in [7, 11) is 0. The molecule has 3 aromatic rings. The number of amides is 1. The van der Waals surface area contributed by atoms with Crippen LogP contribution in [0.15, 0.2) is 35.8 Å².